The molecule has 1 N–H and O–H groups in total. The number of rotatable bonds is 7. The van der Waals surface area contributed by atoms with Crippen molar-refractivity contribution in [3.05, 3.63) is 45.8 Å². The van der Waals surface area contributed by atoms with E-state index < -0.39 is 10.0 Å². The van der Waals surface area contributed by atoms with Gasteiger partial charge in [0.25, 0.3) is 11.8 Å². The molecule has 0 spiro atoms. The number of nitrogens with zero attached hydrogens (tertiary/aromatic N) is 3. The summed E-state index contributed by atoms with van der Waals surface area (Å²) in [6.45, 7) is 13.6. The number of carbonyl (C=O) groups excluding carboxylic acids is 2. The van der Waals surface area contributed by atoms with Crippen LogP contribution < -0.4 is 5.32 Å². The first-order chi connectivity index (χ1) is 19.9. The van der Waals surface area contributed by atoms with E-state index in [9.17, 15) is 18.0 Å². The van der Waals surface area contributed by atoms with Crippen LogP contribution in [0.4, 0.5) is 5.00 Å². The fraction of sp³-hybridized carbons (Fsp3) is 0.625. The number of sulfonamides is 1. The van der Waals surface area contributed by atoms with Crippen molar-refractivity contribution in [2.45, 2.75) is 90.1 Å². The van der Waals surface area contributed by atoms with Crippen molar-refractivity contribution >= 4 is 38.2 Å². The first kappa shape index (κ1) is 29.8. The van der Waals surface area contributed by atoms with Gasteiger partial charge in [0.05, 0.1) is 10.5 Å². The summed E-state index contributed by atoms with van der Waals surface area (Å²) in [5, 5.41) is 3.65. The molecule has 4 aliphatic rings. The Bertz CT molecular complexity index is 1480. The van der Waals surface area contributed by atoms with Crippen molar-refractivity contribution in [2.75, 3.05) is 38.0 Å². The van der Waals surface area contributed by atoms with Crippen molar-refractivity contribution in [3.8, 4) is 0 Å². The fourth-order valence-electron chi connectivity index (χ4n) is 8.13. The molecule has 42 heavy (non-hydrogen) atoms. The number of benzene rings is 1. The topological polar surface area (TPSA) is 90.0 Å². The van der Waals surface area contributed by atoms with E-state index in [-0.39, 0.29) is 33.6 Å². The summed E-state index contributed by atoms with van der Waals surface area (Å²) in [5.74, 6) is -0.317. The van der Waals surface area contributed by atoms with Gasteiger partial charge in [-0.15, -0.1) is 11.3 Å². The maximum absolute atomic E-state index is 13.7. The van der Waals surface area contributed by atoms with Gasteiger partial charge in [-0.05, 0) is 92.1 Å². The summed E-state index contributed by atoms with van der Waals surface area (Å²) < 4.78 is 29.1. The normalized spacial score (nSPS) is 25.9. The molecule has 10 heteroatoms. The predicted molar refractivity (Wildman–Crippen MR) is 167 cm³/mol. The van der Waals surface area contributed by atoms with Crippen molar-refractivity contribution in [1.29, 1.82) is 0 Å². The minimum absolute atomic E-state index is 0.00301. The van der Waals surface area contributed by atoms with Gasteiger partial charge in [0, 0.05) is 49.2 Å². The van der Waals surface area contributed by atoms with E-state index in [1.165, 1.54) is 11.3 Å². The van der Waals surface area contributed by atoms with E-state index in [0.717, 1.165) is 88.1 Å². The number of hydrogen-bond donors (Lipinski definition) is 1. The summed E-state index contributed by atoms with van der Waals surface area (Å²) in [5.41, 5.74) is 2.22. The molecule has 228 valence electrons. The van der Waals surface area contributed by atoms with E-state index in [1.807, 2.05) is 4.90 Å². The van der Waals surface area contributed by atoms with Crippen LogP contribution in [-0.2, 0) is 23.0 Å². The molecule has 2 bridgehead atoms. The van der Waals surface area contributed by atoms with Crippen LogP contribution in [0.3, 0.4) is 0 Å². The molecule has 1 saturated carbocycles. The van der Waals surface area contributed by atoms with Gasteiger partial charge in [-0.25, -0.2) is 8.42 Å². The summed E-state index contributed by atoms with van der Waals surface area (Å²) in [7, 11) is -3.67. The first-order valence-corrected chi connectivity index (χ1v) is 17.7. The van der Waals surface area contributed by atoms with E-state index in [4.69, 9.17) is 0 Å². The Morgan fingerprint density at radius 2 is 1.76 bits per heavy atom. The van der Waals surface area contributed by atoms with Crippen molar-refractivity contribution in [3.63, 3.8) is 0 Å². The number of hydrogen-bond acceptors (Lipinski definition) is 6. The van der Waals surface area contributed by atoms with Gasteiger partial charge < -0.3 is 10.2 Å². The van der Waals surface area contributed by atoms with Gasteiger partial charge >= 0.3 is 0 Å². The summed E-state index contributed by atoms with van der Waals surface area (Å²) >= 11 is 1.51. The van der Waals surface area contributed by atoms with Crippen LogP contribution in [0.2, 0.25) is 0 Å². The zero-order valence-corrected chi connectivity index (χ0v) is 27.0. The Kier molecular flexibility index (Phi) is 7.82. The highest BCUT2D eigenvalue weighted by Crippen LogP contribution is 2.53. The lowest BCUT2D eigenvalue weighted by Gasteiger charge is -2.39. The number of thiophene rings is 1. The van der Waals surface area contributed by atoms with E-state index >= 15 is 0 Å². The third-order valence-electron chi connectivity index (χ3n) is 9.60. The summed E-state index contributed by atoms with van der Waals surface area (Å²) in [4.78, 5) is 32.8. The van der Waals surface area contributed by atoms with Gasteiger partial charge in [-0.2, -0.15) is 4.31 Å². The van der Waals surface area contributed by atoms with Crippen LogP contribution in [0.15, 0.2) is 29.2 Å². The molecule has 0 radical (unpaired) electrons. The fourth-order valence-corrected chi connectivity index (χ4v) is 11.2. The lowest BCUT2D eigenvalue weighted by atomic mass is 9.65. The molecule has 2 unspecified atom stereocenters. The number of nitrogens with one attached hydrogen (secondary N) is 1. The highest BCUT2D eigenvalue weighted by atomic mass is 32.2. The summed E-state index contributed by atoms with van der Waals surface area (Å²) in [6.07, 6.45) is 6.68. The number of amides is 2. The molecule has 1 aliphatic carbocycles. The monoisotopic (exact) mass is 612 g/mol. The average Bonchev–Trinajstić information content (AvgIpc) is 3.64. The number of fused-ring (bicyclic) bond motifs is 3. The highest BCUT2D eigenvalue weighted by Gasteiger charge is 2.53. The van der Waals surface area contributed by atoms with Crippen LogP contribution >= 0.6 is 11.3 Å². The number of anilines is 1. The van der Waals surface area contributed by atoms with Crippen LogP contribution in [0.5, 0.6) is 0 Å². The predicted octanol–water partition coefficient (Wildman–Crippen LogP) is 5.59. The average molecular weight is 613 g/mol. The van der Waals surface area contributed by atoms with E-state index in [0.29, 0.717) is 22.7 Å². The van der Waals surface area contributed by atoms with Crippen molar-refractivity contribution in [2.24, 2.45) is 10.8 Å². The molecular weight excluding hydrogens is 569 g/mol. The largest absolute Gasteiger partial charge is 0.339 e. The number of carbonyl (C=O) groups is 2. The molecule has 2 saturated heterocycles. The maximum atomic E-state index is 13.7. The summed E-state index contributed by atoms with van der Waals surface area (Å²) in [6, 6.07) is 6.30. The quantitative estimate of drug-likeness (QED) is 0.440. The Morgan fingerprint density at radius 3 is 2.45 bits per heavy atom. The molecule has 4 heterocycles. The van der Waals surface area contributed by atoms with Crippen LogP contribution in [0.1, 0.15) is 97.4 Å². The molecular formula is C32H44N4O4S2. The van der Waals surface area contributed by atoms with Gasteiger partial charge in [0.2, 0.25) is 10.0 Å². The molecule has 1 aromatic heterocycles. The SMILES string of the molecule is CCCN1CCc2c(sc(NC(=O)c3ccc(S(=O)(=O)N4CC5(C)CC4CC(C)(C)C5)cc3)c2C(=O)N2CCCC2)C1. The third-order valence-corrected chi connectivity index (χ3v) is 12.6. The Morgan fingerprint density at radius 1 is 1.05 bits per heavy atom. The molecule has 6 rings (SSSR count). The molecule has 2 atom stereocenters. The third kappa shape index (κ3) is 5.55. The minimum Gasteiger partial charge on any atom is -0.339 e. The molecule has 8 nitrogen and oxygen atoms in total. The van der Waals surface area contributed by atoms with E-state index in [1.54, 1.807) is 28.6 Å². The smallest absolute Gasteiger partial charge is 0.257 e. The lowest BCUT2D eigenvalue weighted by Crippen LogP contribution is -2.37. The van der Waals surface area contributed by atoms with Gasteiger partial charge in [-0.1, -0.05) is 27.7 Å². The Hall–Kier alpha value is -2.27. The Labute approximate surface area is 254 Å². The second-order valence-electron chi connectivity index (χ2n) is 14.0. The lowest BCUT2D eigenvalue weighted by molar-refractivity contribution is 0.0792. The molecule has 2 aromatic rings. The second kappa shape index (κ2) is 11.0. The highest BCUT2D eigenvalue weighted by molar-refractivity contribution is 7.89. The van der Waals surface area contributed by atoms with Crippen LogP contribution in [-0.4, -0.2) is 73.1 Å². The first-order valence-electron chi connectivity index (χ1n) is 15.5. The molecule has 1 aromatic carbocycles. The van der Waals surface area contributed by atoms with Gasteiger partial charge in [0.1, 0.15) is 5.00 Å². The zero-order chi connectivity index (χ0) is 29.9. The van der Waals surface area contributed by atoms with Crippen LogP contribution in [0.25, 0.3) is 0 Å². The Balaban J connectivity index is 1.22. The minimum atomic E-state index is -3.67. The molecule has 2 amide bonds. The van der Waals surface area contributed by atoms with Crippen molar-refractivity contribution in [1.82, 2.24) is 14.1 Å². The van der Waals surface area contributed by atoms with Gasteiger partial charge in [-0.3, -0.25) is 14.5 Å². The second-order valence-corrected chi connectivity index (χ2v) is 17.0. The van der Waals surface area contributed by atoms with Crippen LogP contribution in [0, 0.1) is 10.8 Å². The standard InChI is InChI=1S/C32H44N4O4S2/c1-5-13-34-16-12-25-26(19-34)41-29(27(25)30(38)35-14-6-7-15-35)33-28(37)22-8-10-24(11-9-22)42(39,40)36-21-32(4)18-23(36)17-31(2,3)20-32/h8-11,23H,5-7,12-21H2,1-4H3,(H,33,37). The zero-order valence-electron chi connectivity index (χ0n) is 25.4. The molecule has 3 fully saturated rings. The maximum Gasteiger partial charge on any atom is 0.257 e. The van der Waals surface area contributed by atoms with Crippen molar-refractivity contribution < 1.29 is 18.0 Å². The van der Waals surface area contributed by atoms with Gasteiger partial charge in [0.15, 0.2) is 0 Å². The number of likely N-dealkylation sites (tertiary alicyclic amines) is 1. The van der Waals surface area contributed by atoms with E-state index in [2.05, 4.69) is 37.9 Å². The molecule has 3 aliphatic heterocycles.